The lowest BCUT2D eigenvalue weighted by molar-refractivity contribution is -0.387. The normalized spacial score (nSPS) is 10.9. The average molecular weight is 336 g/mol. The number of benzene rings is 1. The Kier molecular flexibility index (Phi) is 3.38. The van der Waals surface area contributed by atoms with Crippen LogP contribution in [0.4, 0.5) is 10.1 Å². The van der Waals surface area contributed by atoms with Gasteiger partial charge in [0.1, 0.15) is 0 Å². The maximum atomic E-state index is 13.6. The molecule has 4 aromatic rings. The molecule has 8 nitrogen and oxygen atoms in total. The van der Waals surface area contributed by atoms with Crippen LogP contribution in [0.15, 0.2) is 55.0 Å². The van der Waals surface area contributed by atoms with E-state index in [2.05, 4.69) is 20.1 Å². The van der Waals surface area contributed by atoms with E-state index in [4.69, 9.17) is 0 Å². The second-order valence-electron chi connectivity index (χ2n) is 5.14. The lowest BCUT2D eigenvalue weighted by Gasteiger charge is -2.04. The van der Waals surface area contributed by atoms with Crippen molar-refractivity contribution in [2.24, 2.45) is 0 Å². The van der Waals surface area contributed by atoms with Gasteiger partial charge in [0.2, 0.25) is 5.82 Å². The van der Waals surface area contributed by atoms with E-state index in [0.29, 0.717) is 28.4 Å². The smallest absolute Gasteiger partial charge is 0.264 e. The van der Waals surface area contributed by atoms with Crippen LogP contribution in [0.2, 0.25) is 0 Å². The summed E-state index contributed by atoms with van der Waals surface area (Å²) >= 11 is 0. The first-order chi connectivity index (χ1) is 12.1. The highest BCUT2D eigenvalue weighted by molar-refractivity contribution is 5.66. The lowest BCUT2D eigenvalue weighted by atomic mass is 10.1. The Morgan fingerprint density at radius 3 is 2.76 bits per heavy atom. The molecular weight excluding hydrogens is 327 g/mol. The summed E-state index contributed by atoms with van der Waals surface area (Å²) in [5.74, 6) is -0.151. The van der Waals surface area contributed by atoms with Crippen molar-refractivity contribution in [2.75, 3.05) is 0 Å². The molecule has 0 aliphatic carbocycles. The van der Waals surface area contributed by atoms with E-state index >= 15 is 0 Å². The molecule has 0 aliphatic rings. The maximum Gasteiger partial charge on any atom is 0.305 e. The summed E-state index contributed by atoms with van der Waals surface area (Å²) in [6.07, 6.45) is 4.78. The Balaban J connectivity index is 1.90. The number of aromatic nitrogens is 5. The fourth-order valence-electron chi connectivity index (χ4n) is 2.44. The molecule has 0 saturated heterocycles. The Bertz CT molecular complexity index is 1100. The van der Waals surface area contributed by atoms with Crippen LogP contribution in [0, 0.1) is 15.9 Å². The fourth-order valence-corrected chi connectivity index (χ4v) is 2.44. The average Bonchev–Trinajstić information content (AvgIpc) is 3.07. The van der Waals surface area contributed by atoms with E-state index in [-0.39, 0.29) is 0 Å². The van der Waals surface area contributed by atoms with Crippen molar-refractivity contribution in [3.63, 3.8) is 0 Å². The Morgan fingerprint density at radius 2 is 2.00 bits per heavy atom. The first-order valence-electron chi connectivity index (χ1n) is 7.20. The van der Waals surface area contributed by atoms with E-state index in [1.54, 1.807) is 24.5 Å². The molecule has 0 aliphatic heterocycles. The zero-order valence-electron chi connectivity index (χ0n) is 12.6. The standard InChI is InChI=1S/C16H9FN6O2/c17-12-4-3-10(8-14(12)23(24)25)13-5-7-19-16-20-15(21-22(13)16)11-2-1-6-18-9-11/h1-9H. The van der Waals surface area contributed by atoms with Crippen molar-refractivity contribution in [3.8, 4) is 22.6 Å². The zero-order valence-corrected chi connectivity index (χ0v) is 12.6. The van der Waals surface area contributed by atoms with E-state index < -0.39 is 16.4 Å². The lowest BCUT2D eigenvalue weighted by Crippen LogP contribution is -1.98. The minimum atomic E-state index is -0.895. The van der Waals surface area contributed by atoms with Gasteiger partial charge in [-0.1, -0.05) is 0 Å². The minimum Gasteiger partial charge on any atom is -0.264 e. The number of fused-ring (bicyclic) bond motifs is 1. The third-order valence-corrected chi connectivity index (χ3v) is 3.60. The number of hydrogen-bond donors (Lipinski definition) is 0. The van der Waals surface area contributed by atoms with Crippen molar-refractivity contribution in [3.05, 3.63) is 70.9 Å². The number of nitro groups is 1. The summed E-state index contributed by atoms with van der Waals surface area (Å²) in [4.78, 5) is 22.7. The van der Waals surface area contributed by atoms with Gasteiger partial charge in [0.05, 0.1) is 10.6 Å². The number of nitro benzene ring substituents is 1. The van der Waals surface area contributed by atoms with Gasteiger partial charge in [-0.3, -0.25) is 15.1 Å². The molecule has 122 valence electrons. The number of halogens is 1. The third kappa shape index (κ3) is 2.57. The summed E-state index contributed by atoms with van der Waals surface area (Å²) in [5.41, 5.74) is 1.05. The van der Waals surface area contributed by atoms with Crippen molar-refractivity contribution < 1.29 is 9.31 Å². The number of nitrogens with zero attached hydrogens (tertiary/aromatic N) is 6. The monoisotopic (exact) mass is 336 g/mol. The largest absolute Gasteiger partial charge is 0.305 e. The summed E-state index contributed by atoms with van der Waals surface area (Å²) < 4.78 is 15.0. The van der Waals surface area contributed by atoms with Gasteiger partial charge in [0.25, 0.3) is 5.78 Å². The molecular formula is C16H9FN6O2. The molecule has 0 bridgehead atoms. The fraction of sp³-hybridized carbons (Fsp3) is 0. The van der Waals surface area contributed by atoms with Crippen molar-refractivity contribution in [1.29, 1.82) is 0 Å². The van der Waals surface area contributed by atoms with Crippen LogP contribution in [0.5, 0.6) is 0 Å². The van der Waals surface area contributed by atoms with Crippen LogP contribution in [0.1, 0.15) is 0 Å². The molecule has 0 N–H and O–H groups in total. The van der Waals surface area contributed by atoms with Crippen LogP contribution in [0.3, 0.4) is 0 Å². The molecule has 4 rings (SSSR count). The maximum absolute atomic E-state index is 13.6. The van der Waals surface area contributed by atoms with Gasteiger partial charge < -0.3 is 0 Å². The van der Waals surface area contributed by atoms with Crippen molar-refractivity contribution in [2.45, 2.75) is 0 Å². The van der Waals surface area contributed by atoms with Gasteiger partial charge in [-0.05, 0) is 30.3 Å². The van der Waals surface area contributed by atoms with E-state index in [1.165, 1.54) is 16.8 Å². The molecule has 0 spiro atoms. The van der Waals surface area contributed by atoms with Gasteiger partial charge in [-0.2, -0.15) is 13.9 Å². The van der Waals surface area contributed by atoms with Crippen LogP contribution in [-0.2, 0) is 0 Å². The molecule has 9 heteroatoms. The summed E-state index contributed by atoms with van der Waals surface area (Å²) in [7, 11) is 0. The predicted octanol–water partition coefficient (Wildman–Crippen LogP) is 2.90. The molecule has 3 aromatic heterocycles. The quantitative estimate of drug-likeness (QED) is 0.421. The molecule has 25 heavy (non-hydrogen) atoms. The van der Waals surface area contributed by atoms with E-state index in [9.17, 15) is 14.5 Å². The van der Waals surface area contributed by atoms with Gasteiger partial charge in [-0.25, -0.2) is 4.98 Å². The highest BCUT2D eigenvalue weighted by atomic mass is 19.1. The second-order valence-corrected chi connectivity index (χ2v) is 5.14. The van der Waals surface area contributed by atoms with Crippen LogP contribution < -0.4 is 0 Å². The second kappa shape index (κ2) is 5.71. The van der Waals surface area contributed by atoms with Gasteiger partial charge in [-0.15, -0.1) is 5.10 Å². The molecule has 0 atom stereocenters. The molecule has 0 saturated carbocycles. The highest BCUT2D eigenvalue weighted by Gasteiger charge is 2.17. The Morgan fingerprint density at radius 1 is 1.12 bits per heavy atom. The summed E-state index contributed by atoms with van der Waals surface area (Å²) in [5, 5.41) is 15.4. The molecule has 0 unspecified atom stereocenters. The number of hydrogen-bond acceptors (Lipinski definition) is 6. The molecule has 3 heterocycles. The zero-order chi connectivity index (χ0) is 17.4. The van der Waals surface area contributed by atoms with E-state index in [1.807, 2.05) is 6.07 Å². The van der Waals surface area contributed by atoms with Crippen LogP contribution in [-0.4, -0.2) is 29.5 Å². The molecule has 1 aromatic carbocycles. The van der Waals surface area contributed by atoms with Gasteiger partial charge >= 0.3 is 5.69 Å². The SMILES string of the molecule is O=[N+]([O-])c1cc(-c2ccnc3nc(-c4cccnc4)nn23)ccc1F. The molecule has 0 radical (unpaired) electrons. The molecule has 0 fully saturated rings. The first-order valence-corrected chi connectivity index (χ1v) is 7.20. The molecule has 0 amide bonds. The first kappa shape index (κ1) is 14.8. The highest BCUT2D eigenvalue weighted by Crippen LogP contribution is 2.27. The van der Waals surface area contributed by atoms with Gasteiger partial charge in [0.15, 0.2) is 5.82 Å². The van der Waals surface area contributed by atoms with Crippen LogP contribution in [0.25, 0.3) is 28.4 Å². The summed E-state index contributed by atoms with van der Waals surface area (Å²) in [6.45, 7) is 0. The number of pyridine rings is 1. The van der Waals surface area contributed by atoms with E-state index in [0.717, 1.165) is 12.1 Å². The Labute approximate surface area is 139 Å². The number of rotatable bonds is 3. The summed E-state index contributed by atoms with van der Waals surface area (Å²) in [6, 6.07) is 8.87. The third-order valence-electron chi connectivity index (χ3n) is 3.60. The van der Waals surface area contributed by atoms with Gasteiger partial charge in [0, 0.05) is 35.8 Å². The topological polar surface area (TPSA) is 99.1 Å². The minimum absolute atomic E-state index is 0.323. The predicted molar refractivity (Wildman–Crippen MR) is 86.1 cm³/mol. The van der Waals surface area contributed by atoms with Crippen molar-refractivity contribution >= 4 is 11.5 Å². The van der Waals surface area contributed by atoms with Crippen LogP contribution >= 0.6 is 0 Å². The van der Waals surface area contributed by atoms with Crippen molar-refractivity contribution in [1.82, 2.24) is 24.6 Å². The Hall–Kier alpha value is -3.75.